The van der Waals surface area contributed by atoms with Crippen molar-refractivity contribution in [1.29, 1.82) is 0 Å². The molecule has 0 radical (unpaired) electrons. The topological polar surface area (TPSA) is 65.7 Å². The van der Waals surface area contributed by atoms with Crippen LogP contribution in [0.25, 0.3) is 0 Å². The number of rotatable bonds is 0. The molecule has 0 saturated carbocycles. The molecule has 1 aromatic rings. The number of aromatic amines is 2. The van der Waals surface area contributed by atoms with Gasteiger partial charge in [0.25, 0.3) is 5.56 Å². The van der Waals surface area contributed by atoms with Crippen molar-refractivity contribution in [2.24, 2.45) is 0 Å². The predicted octanol–water partition coefficient (Wildman–Crippen LogP) is -0.628. The molecule has 4 heteroatoms. The standard InChI is InChI=1S/C5H6N2O2/c1-3-2-6-5(9)7-4(3)8/h2H,1H3,(H2,6,7,8,9)/i1T. The molecule has 0 amide bonds. The van der Waals surface area contributed by atoms with Gasteiger partial charge in [-0.1, -0.05) is 0 Å². The van der Waals surface area contributed by atoms with Gasteiger partial charge in [0.15, 0.2) is 0 Å². The summed E-state index contributed by atoms with van der Waals surface area (Å²) in [5.74, 6) is 0. The zero-order valence-electron chi connectivity index (χ0n) is 5.60. The van der Waals surface area contributed by atoms with E-state index in [1.165, 1.54) is 6.20 Å². The normalized spacial score (nSPS) is 10.9. The van der Waals surface area contributed by atoms with E-state index in [1.54, 1.807) is 0 Å². The highest BCUT2D eigenvalue weighted by atomic mass is 16.2. The van der Waals surface area contributed by atoms with Crippen LogP contribution in [0.15, 0.2) is 15.8 Å². The molecule has 4 nitrogen and oxygen atoms in total. The molecule has 9 heavy (non-hydrogen) atoms. The number of aryl methyl sites for hydroxylation is 1. The molecule has 0 aromatic carbocycles. The van der Waals surface area contributed by atoms with Gasteiger partial charge in [-0.25, -0.2) is 4.79 Å². The highest BCUT2D eigenvalue weighted by Crippen LogP contribution is 1.73. The van der Waals surface area contributed by atoms with Gasteiger partial charge in [0, 0.05) is 13.1 Å². The summed E-state index contributed by atoms with van der Waals surface area (Å²) >= 11 is 0. The number of H-pyrrole nitrogens is 2. The Balaban J connectivity index is 3.34. The lowest BCUT2D eigenvalue weighted by molar-refractivity contribution is 1.01. The number of hydrogen-bond donors (Lipinski definition) is 2. The molecular weight excluding hydrogens is 120 g/mol. The molecular formula is C5H6N2O2. The van der Waals surface area contributed by atoms with Gasteiger partial charge in [0.2, 0.25) is 0 Å². The SMILES string of the molecule is [3H]Cc1c[nH]c(=O)[nH]c1=O. The van der Waals surface area contributed by atoms with E-state index < -0.39 is 11.2 Å². The van der Waals surface area contributed by atoms with Crippen molar-refractivity contribution in [3.05, 3.63) is 32.6 Å². The average Bonchev–Trinajstić information content (AvgIpc) is 1.88. The first-order chi connectivity index (χ1) is 4.74. The first kappa shape index (κ1) is 4.55. The zero-order chi connectivity index (χ0) is 7.56. The van der Waals surface area contributed by atoms with Gasteiger partial charge >= 0.3 is 5.69 Å². The van der Waals surface area contributed by atoms with Crippen LogP contribution in [0.1, 0.15) is 6.93 Å². The summed E-state index contributed by atoms with van der Waals surface area (Å²) in [4.78, 5) is 25.3. The minimum atomic E-state index is -0.540. The largest absolute Gasteiger partial charge is 0.325 e. The van der Waals surface area contributed by atoms with E-state index >= 15 is 0 Å². The van der Waals surface area contributed by atoms with Crippen molar-refractivity contribution in [2.45, 2.75) is 6.90 Å². The Kier molecular flexibility index (Phi) is 0.955. The predicted molar refractivity (Wildman–Crippen MR) is 32.4 cm³/mol. The number of nitrogens with one attached hydrogen (secondary N) is 2. The van der Waals surface area contributed by atoms with Crippen molar-refractivity contribution in [1.82, 2.24) is 9.97 Å². The van der Waals surface area contributed by atoms with Crippen molar-refractivity contribution >= 4 is 0 Å². The lowest BCUT2D eigenvalue weighted by Gasteiger charge is -1.84. The maximum atomic E-state index is 10.7. The molecule has 0 fully saturated rings. The Labute approximate surface area is 52.0 Å². The molecule has 1 heterocycles. The van der Waals surface area contributed by atoms with Gasteiger partial charge in [-0.2, -0.15) is 0 Å². The average molecular weight is 128 g/mol. The van der Waals surface area contributed by atoms with Gasteiger partial charge < -0.3 is 4.98 Å². The Morgan fingerprint density at radius 1 is 1.67 bits per heavy atom. The molecule has 0 bridgehead atoms. The first-order valence-electron chi connectivity index (χ1n) is 3.05. The number of hydrogen-bond acceptors (Lipinski definition) is 2. The Morgan fingerprint density at radius 2 is 2.44 bits per heavy atom. The summed E-state index contributed by atoms with van der Waals surface area (Å²) in [6.45, 7) is -0.119. The quantitative estimate of drug-likeness (QED) is 0.488. The van der Waals surface area contributed by atoms with Crippen LogP contribution in [0.4, 0.5) is 0 Å². The van der Waals surface area contributed by atoms with Crippen LogP contribution in [0.5, 0.6) is 0 Å². The van der Waals surface area contributed by atoms with Crippen LogP contribution >= 0.6 is 0 Å². The van der Waals surface area contributed by atoms with Crippen LogP contribution < -0.4 is 11.2 Å². The van der Waals surface area contributed by atoms with Crippen molar-refractivity contribution < 1.29 is 1.37 Å². The minimum absolute atomic E-state index is 0.119. The highest BCUT2D eigenvalue weighted by Gasteiger charge is 1.88. The minimum Gasteiger partial charge on any atom is -0.314 e. The lowest BCUT2D eigenvalue weighted by atomic mass is 10.4. The van der Waals surface area contributed by atoms with Crippen LogP contribution in [0.2, 0.25) is 0 Å². The summed E-state index contributed by atoms with van der Waals surface area (Å²) in [5.41, 5.74) is -0.763. The van der Waals surface area contributed by atoms with Gasteiger partial charge in [-0.15, -0.1) is 0 Å². The third-order valence-corrected chi connectivity index (χ3v) is 0.896. The fourth-order valence-electron chi connectivity index (χ4n) is 0.438. The summed E-state index contributed by atoms with van der Waals surface area (Å²) in [6, 6.07) is 0. The molecule has 0 atom stereocenters. The van der Waals surface area contributed by atoms with E-state index in [1.807, 2.05) is 4.98 Å². The fourth-order valence-corrected chi connectivity index (χ4v) is 0.438. The zero-order valence-corrected chi connectivity index (χ0v) is 4.60. The van der Waals surface area contributed by atoms with Crippen molar-refractivity contribution in [2.75, 3.05) is 0 Å². The highest BCUT2D eigenvalue weighted by molar-refractivity contribution is 4.98. The van der Waals surface area contributed by atoms with Crippen molar-refractivity contribution in [3.63, 3.8) is 0 Å². The van der Waals surface area contributed by atoms with E-state index in [9.17, 15) is 9.59 Å². The Hall–Kier alpha value is -1.32. The molecule has 1 rings (SSSR count). The van der Waals surface area contributed by atoms with Gasteiger partial charge in [0.05, 0.1) is 0 Å². The lowest BCUT2D eigenvalue weighted by Crippen LogP contribution is -2.22. The first-order valence-corrected chi connectivity index (χ1v) is 2.34. The van der Waals surface area contributed by atoms with Crippen LogP contribution in [0.3, 0.4) is 0 Å². The molecule has 0 saturated heterocycles. The Bertz CT molecular complexity index is 327. The molecule has 1 aromatic heterocycles. The maximum Gasteiger partial charge on any atom is 0.325 e. The molecule has 48 valence electrons. The second-order valence-corrected chi connectivity index (χ2v) is 1.60. The van der Waals surface area contributed by atoms with Crippen LogP contribution in [-0.4, -0.2) is 9.97 Å². The van der Waals surface area contributed by atoms with Gasteiger partial charge in [-0.05, 0) is 6.90 Å². The molecule has 0 unspecified atom stereocenters. The van der Waals surface area contributed by atoms with E-state index in [0.29, 0.717) is 0 Å². The molecule has 2 N–H and O–H groups in total. The van der Waals surface area contributed by atoms with E-state index in [4.69, 9.17) is 1.37 Å². The fraction of sp³-hybridized carbons (Fsp3) is 0.200. The third-order valence-electron chi connectivity index (χ3n) is 0.896. The van der Waals surface area contributed by atoms with Gasteiger partial charge in [0.1, 0.15) is 0 Å². The second-order valence-electron chi connectivity index (χ2n) is 1.60. The molecule has 0 spiro atoms. The monoisotopic (exact) mass is 128 g/mol. The molecule has 0 aliphatic rings. The van der Waals surface area contributed by atoms with E-state index in [2.05, 4.69) is 4.98 Å². The van der Waals surface area contributed by atoms with E-state index in [-0.39, 0.29) is 12.5 Å². The smallest absolute Gasteiger partial charge is 0.314 e. The number of aromatic nitrogens is 2. The molecule has 0 aliphatic carbocycles. The van der Waals surface area contributed by atoms with Gasteiger partial charge in [-0.3, -0.25) is 9.78 Å². The van der Waals surface area contributed by atoms with Crippen LogP contribution in [-0.2, 0) is 0 Å². The maximum absolute atomic E-state index is 10.7. The van der Waals surface area contributed by atoms with Crippen LogP contribution in [0, 0.1) is 6.90 Å². The summed E-state index contributed by atoms with van der Waals surface area (Å²) < 4.78 is 6.81. The molecule has 0 aliphatic heterocycles. The summed E-state index contributed by atoms with van der Waals surface area (Å²) in [6.07, 6.45) is 1.24. The third kappa shape index (κ3) is 1.07. The van der Waals surface area contributed by atoms with E-state index in [0.717, 1.165) is 0 Å². The summed E-state index contributed by atoms with van der Waals surface area (Å²) in [5, 5.41) is 0. The summed E-state index contributed by atoms with van der Waals surface area (Å²) in [7, 11) is 0. The Morgan fingerprint density at radius 3 is 3.00 bits per heavy atom. The second kappa shape index (κ2) is 1.89. The van der Waals surface area contributed by atoms with Crippen molar-refractivity contribution in [3.8, 4) is 0 Å².